The van der Waals surface area contributed by atoms with Gasteiger partial charge < -0.3 is 5.11 Å². The number of carbonyl (C=O) groups is 1. The number of carboxylic acids is 1. The smallest absolute Gasteiger partial charge is 0.313 e. The van der Waals surface area contributed by atoms with Gasteiger partial charge in [0.2, 0.25) is 0 Å². The molecule has 0 spiro atoms. The van der Waals surface area contributed by atoms with E-state index in [1.165, 1.54) is 23.1 Å². The number of thioether (sulfide) groups is 1. The van der Waals surface area contributed by atoms with Crippen LogP contribution in [-0.4, -0.2) is 36.8 Å². The molecule has 0 saturated heterocycles. The van der Waals surface area contributed by atoms with E-state index in [9.17, 15) is 4.79 Å². The van der Waals surface area contributed by atoms with Crippen molar-refractivity contribution in [2.24, 2.45) is 0 Å². The minimum atomic E-state index is -0.854. The van der Waals surface area contributed by atoms with Crippen molar-refractivity contribution < 1.29 is 9.90 Å². The van der Waals surface area contributed by atoms with Gasteiger partial charge in [-0.25, -0.2) is 0 Å². The average Bonchev–Trinajstić information content (AvgIpc) is 2.94. The van der Waals surface area contributed by atoms with Gasteiger partial charge in [-0.15, -0.1) is 10.2 Å². The number of nitrogens with zero attached hydrogens (tertiary/aromatic N) is 4. The summed E-state index contributed by atoms with van der Waals surface area (Å²) < 4.78 is 2.54. The zero-order valence-corrected chi connectivity index (χ0v) is 11.4. The fourth-order valence-corrected chi connectivity index (χ4v) is 3.00. The van der Waals surface area contributed by atoms with Gasteiger partial charge in [-0.1, -0.05) is 30.0 Å². The lowest BCUT2D eigenvalue weighted by molar-refractivity contribution is -0.133. The van der Waals surface area contributed by atoms with Crippen molar-refractivity contribution in [3.05, 3.63) is 12.3 Å². The van der Waals surface area contributed by atoms with E-state index in [1.54, 1.807) is 6.20 Å². The summed E-state index contributed by atoms with van der Waals surface area (Å²) in [4.78, 5) is 10.5. The van der Waals surface area contributed by atoms with Crippen LogP contribution in [0.5, 0.6) is 0 Å². The van der Waals surface area contributed by atoms with Crippen molar-refractivity contribution in [2.45, 2.75) is 24.2 Å². The van der Waals surface area contributed by atoms with Gasteiger partial charge in [-0.3, -0.25) is 9.48 Å². The fourth-order valence-electron chi connectivity index (χ4n) is 1.40. The Hall–Kier alpha value is -1.41. The van der Waals surface area contributed by atoms with Crippen molar-refractivity contribution in [1.82, 2.24) is 20.0 Å². The summed E-state index contributed by atoms with van der Waals surface area (Å²) in [7, 11) is 0. The van der Waals surface area contributed by atoms with Crippen molar-refractivity contribution in [3.63, 3.8) is 0 Å². The standard InChI is InChI=1S/C10H12N4O2S2/c1-2-5-14-7(3-4-11-14)9-12-13-10(18-9)17-6-8(15)16/h3-4H,2,5-6H2,1H3,(H,15,16). The predicted molar refractivity (Wildman–Crippen MR) is 69.8 cm³/mol. The maximum Gasteiger partial charge on any atom is 0.313 e. The SMILES string of the molecule is CCCn1nccc1-c1nnc(SCC(=O)O)s1. The lowest BCUT2D eigenvalue weighted by Crippen LogP contribution is -2.00. The summed E-state index contributed by atoms with van der Waals surface area (Å²) in [6.45, 7) is 2.92. The van der Waals surface area contributed by atoms with Crippen LogP contribution in [-0.2, 0) is 11.3 Å². The van der Waals surface area contributed by atoms with Gasteiger partial charge in [0, 0.05) is 12.7 Å². The number of aryl methyl sites for hydroxylation is 1. The van der Waals surface area contributed by atoms with Crippen LogP contribution in [0.3, 0.4) is 0 Å². The van der Waals surface area contributed by atoms with E-state index in [2.05, 4.69) is 22.2 Å². The Kier molecular flexibility index (Phi) is 4.32. The monoisotopic (exact) mass is 284 g/mol. The third-order valence-electron chi connectivity index (χ3n) is 2.10. The van der Waals surface area contributed by atoms with Gasteiger partial charge in [0.15, 0.2) is 9.35 Å². The topological polar surface area (TPSA) is 80.9 Å². The molecule has 0 aliphatic rings. The second-order valence-corrected chi connectivity index (χ2v) is 5.70. The van der Waals surface area contributed by atoms with Crippen molar-refractivity contribution in [3.8, 4) is 10.7 Å². The summed E-state index contributed by atoms with van der Waals surface area (Å²) in [6.07, 6.45) is 2.73. The highest BCUT2D eigenvalue weighted by atomic mass is 32.2. The first-order valence-corrected chi connectivity index (χ1v) is 7.21. The third kappa shape index (κ3) is 3.08. The third-order valence-corrected chi connectivity index (χ3v) is 4.16. The predicted octanol–water partition coefficient (Wildman–Crippen LogP) is 1.99. The molecule has 8 heteroatoms. The van der Waals surface area contributed by atoms with Crippen LogP contribution in [0.25, 0.3) is 10.7 Å². The fraction of sp³-hybridized carbons (Fsp3) is 0.400. The molecule has 0 amide bonds. The molecule has 0 bridgehead atoms. The molecule has 0 aromatic carbocycles. The summed E-state index contributed by atoms with van der Waals surface area (Å²) in [5, 5.41) is 21.6. The zero-order valence-electron chi connectivity index (χ0n) is 9.74. The number of rotatable bonds is 6. The van der Waals surface area contributed by atoms with E-state index in [0.29, 0.717) is 4.34 Å². The van der Waals surface area contributed by atoms with E-state index in [0.717, 1.165) is 23.7 Å². The second kappa shape index (κ2) is 5.96. The first kappa shape index (κ1) is 13.0. The Morgan fingerprint density at radius 1 is 1.56 bits per heavy atom. The molecule has 6 nitrogen and oxygen atoms in total. The molecule has 1 N–H and O–H groups in total. The van der Waals surface area contributed by atoms with Crippen LogP contribution < -0.4 is 0 Å². The Morgan fingerprint density at radius 3 is 3.11 bits per heavy atom. The van der Waals surface area contributed by atoms with Gasteiger partial charge >= 0.3 is 5.97 Å². The molecule has 2 rings (SSSR count). The molecule has 0 aliphatic carbocycles. The minimum absolute atomic E-state index is 0.00283. The first-order chi connectivity index (χ1) is 8.70. The molecule has 0 atom stereocenters. The summed E-state index contributed by atoms with van der Waals surface area (Å²) in [5.74, 6) is -0.851. The number of aromatic nitrogens is 4. The summed E-state index contributed by atoms with van der Waals surface area (Å²) in [5.41, 5.74) is 0.927. The van der Waals surface area contributed by atoms with Crippen molar-refractivity contribution in [2.75, 3.05) is 5.75 Å². The number of carboxylic acid groups (broad SMARTS) is 1. The number of hydrogen-bond acceptors (Lipinski definition) is 6. The average molecular weight is 284 g/mol. The van der Waals surface area contributed by atoms with E-state index in [1.807, 2.05) is 10.7 Å². The Morgan fingerprint density at radius 2 is 2.39 bits per heavy atom. The molecule has 0 radical (unpaired) electrons. The molecule has 0 aliphatic heterocycles. The van der Waals surface area contributed by atoms with Crippen LogP contribution in [0.1, 0.15) is 13.3 Å². The Labute approximate surface area is 112 Å². The molecule has 96 valence electrons. The van der Waals surface area contributed by atoms with Crippen molar-refractivity contribution in [1.29, 1.82) is 0 Å². The van der Waals surface area contributed by atoms with Gasteiger partial charge in [-0.2, -0.15) is 5.10 Å². The molecule has 2 aromatic heterocycles. The molecular formula is C10H12N4O2S2. The van der Waals surface area contributed by atoms with Crippen LogP contribution in [0.4, 0.5) is 0 Å². The highest BCUT2D eigenvalue weighted by molar-refractivity contribution is 8.01. The molecule has 2 aromatic rings. The van der Waals surface area contributed by atoms with Crippen LogP contribution in [0, 0.1) is 0 Å². The van der Waals surface area contributed by atoms with E-state index < -0.39 is 5.97 Å². The molecule has 2 heterocycles. The molecule has 0 unspecified atom stereocenters. The van der Waals surface area contributed by atoms with Gasteiger partial charge in [0.25, 0.3) is 0 Å². The first-order valence-electron chi connectivity index (χ1n) is 5.41. The summed E-state index contributed by atoms with van der Waals surface area (Å²) >= 11 is 2.57. The van der Waals surface area contributed by atoms with Crippen LogP contribution in [0.15, 0.2) is 16.6 Å². The van der Waals surface area contributed by atoms with E-state index >= 15 is 0 Å². The van der Waals surface area contributed by atoms with Gasteiger partial charge in [0.1, 0.15) is 0 Å². The Balaban J connectivity index is 2.13. The molecule has 18 heavy (non-hydrogen) atoms. The Bertz CT molecular complexity index is 537. The normalized spacial score (nSPS) is 10.7. The maximum absolute atomic E-state index is 10.5. The van der Waals surface area contributed by atoms with Crippen LogP contribution in [0.2, 0.25) is 0 Å². The quantitative estimate of drug-likeness (QED) is 0.817. The van der Waals surface area contributed by atoms with Crippen molar-refractivity contribution >= 4 is 29.1 Å². The highest BCUT2D eigenvalue weighted by Gasteiger charge is 2.12. The largest absolute Gasteiger partial charge is 0.481 e. The van der Waals surface area contributed by atoms with E-state index in [4.69, 9.17) is 5.11 Å². The maximum atomic E-state index is 10.5. The van der Waals surface area contributed by atoms with E-state index in [-0.39, 0.29) is 5.75 Å². The second-order valence-electron chi connectivity index (χ2n) is 3.50. The van der Waals surface area contributed by atoms with Gasteiger partial charge in [0.05, 0.1) is 11.4 Å². The summed E-state index contributed by atoms with van der Waals surface area (Å²) in [6, 6.07) is 1.89. The molecule has 0 saturated carbocycles. The lowest BCUT2D eigenvalue weighted by Gasteiger charge is -2.01. The molecular weight excluding hydrogens is 272 g/mol. The number of aliphatic carboxylic acids is 1. The van der Waals surface area contributed by atoms with Crippen LogP contribution >= 0.6 is 23.1 Å². The lowest BCUT2D eigenvalue weighted by atomic mass is 10.4. The molecule has 0 fully saturated rings. The number of hydrogen-bond donors (Lipinski definition) is 1. The van der Waals surface area contributed by atoms with Gasteiger partial charge in [-0.05, 0) is 12.5 Å². The highest BCUT2D eigenvalue weighted by Crippen LogP contribution is 2.29. The zero-order chi connectivity index (χ0) is 13.0. The minimum Gasteiger partial charge on any atom is -0.481 e.